The first-order valence-electron chi connectivity index (χ1n) is 8.64. The van der Waals surface area contributed by atoms with Gasteiger partial charge in [-0.3, -0.25) is 4.79 Å². The third-order valence-electron chi connectivity index (χ3n) is 4.33. The Kier molecular flexibility index (Phi) is 7.49. The molecular weight excluding hydrogens is 375 g/mol. The van der Waals surface area contributed by atoms with Gasteiger partial charge in [0.1, 0.15) is 11.6 Å². The van der Waals surface area contributed by atoms with E-state index < -0.39 is 6.10 Å². The van der Waals surface area contributed by atoms with Crippen LogP contribution in [0.4, 0.5) is 4.39 Å². The second-order valence-corrected chi connectivity index (χ2v) is 7.17. The first-order valence-corrected chi connectivity index (χ1v) is 9.43. The molecule has 0 unspecified atom stereocenters. The molecule has 1 saturated heterocycles. The van der Waals surface area contributed by atoms with Crippen molar-refractivity contribution in [2.45, 2.75) is 51.7 Å². The van der Waals surface area contributed by atoms with Gasteiger partial charge in [-0.15, -0.1) is 0 Å². The molecule has 1 heterocycles. The number of benzene rings is 1. The molecule has 4 nitrogen and oxygen atoms in total. The lowest BCUT2D eigenvalue weighted by molar-refractivity contribution is -0.128. The number of amides is 1. The lowest BCUT2D eigenvalue weighted by atomic mass is 10.0. The minimum absolute atomic E-state index is 0.127. The van der Waals surface area contributed by atoms with Gasteiger partial charge < -0.3 is 15.0 Å². The molecule has 1 atom stereocenters. The summed E-state index contributed by atoms with van der Waals surface area (Å²) in [5.74, 6) is -0.00664. The van der Waals surface area contributed by atoms with Crippen LogP contribution in [0.1, 0.15) is 39.5 Å². The van der Waals surface area contributed by atoms with Crippen LogP contribution in [0.25, 0.3) is 0 Å². The molecule has 2 rings (SSSR count). The predicted molar refractivity (Wildman–Crippen MR) is 96.7 cm³/mol. The fourth-order valence-electron chi connectivity index (χ4n) is 2.82. The lowest BCUT2D eigenvalue weighted by Crippen LogP contribution is -2.48. The van der Waals surface area contributed by atoms with Gasteiger partial charge in [0.2, 0.25) is 0 Å². The highest BCUT2D eigenvalue weighted by Crippen LogP contribution is 2.26. The maximum Gasteiger partial charge on any atom is 0.260 e. The van der Waals surface area contributed by atoms with Gasteiger partial charge in [0.15, 0.2) is 6.10 Å². The largest absolute Gasteiger partial charge is 0.480 e. The number of hydrogen-bond donors (Lipinski definition) is 1. The van der Waals surface area contributed by atoms with E-state index in [2.05, 4.69) is 33.1 Å². The van der Waals surface area contributed by atoms with Gasteiger partial charge in [-0.2, -0.15) is 0 Å². The van der Waals surface area contributed by atoms with Crippen LogP contribution in [0.3, 0.4) is 0 Å². The minimum Gasteiger partial charge on any atom is -0.480 e. The van der Waals surface area contributed by atoms with Crippen molar-refractivity contribution in [3.05, 3.63) is 28.5 Å². The van der Waals surface area contributed by atoms with Crippen molar-refractivity contribution in [1.29, 1.82) is 0 Å². The highest BCUT2D eigenvalue weighted by atomic mass is 79.9. The molecule has 0 bridgehead atoms. The van der Waals surface area contributed by atoms with Crippen LogP contribution in [-0.4, -0.2) is 42.6 Å². The van der Waals surface area contributed by atoms with E-state index in [0.29, 0.717) is 10.2 Å². The molecule has 134 valence electrons. The molecule has 1 N–H and O–H groups in total. The third kappa shape index (κ3) is 5.74. The summed E-state index contributed by atoms with van der Waals surface area (Å²) in [5.41, 5.74) is 0. The van der Waals surface area contributed by atoms with Crippen LogP contribution >= 0.6 is 15.9 Å². The van der Waals surface area contributed by atoms with E-state index in [1.165, 1.54) is 31.0 Å². The molecule has 0 saturated carbocycles. The number of carbonyl (C=O) groups excluding carboxylic acids is 1. The Morgan fingerprint density at radius 3 is 2.79 bits per heavy atom. The zero-order chi connectivity index (χ0) is 17.5. The number of nitrogens with zero attached hydrogens (tertiary/aromatic N) is 1. The van der Waals surface area contributed by atoms with Gasteiger partial charge in [-0.1, -0.05) is 13.3 Å². The summed E-state index contributed by atoms with van der Waals surface area (Å²) in [6.07, 6.45) is 3.77. The van der Waals surface area contributed by atoms with E-state index in [1.54, 1.807) is 6.92 Å². The number of carbonyl (C=O) groups is 1. The molecule has 1 fully saturated rings. The van der Waals surface area contributed by atoms with E-state index in [0.717, 1.165) is 32.5 Å². The Hall–Kier alpha value is -1.14. The molecule has 0 radical (unpaired) electrons. The van der Waals surface area contributed by atoms with E-state index in [1.807, 2.05) is 0 Å². The van der Waals surface area contributed by atoms with Crippen molar-refractivity contribution in [2.24, 2.45) is 0 Å². The number of rotatable bonds is 7. The van der Waals surface area contributed by atoms with Gasteiger partial charge in [-0.25, -0.2) is 4.39 Å². The number of piperidine rings is 1. The highest BCUT2D eigenvalue weighted by Gasteiger charge is 2.23. The second kappa shape index (κ2) is 9.37. The average Bonchev–Trinajstić information content (AvgIpc) is 2.56. The van der Waals surface area contributed by atoms with E-state index in [4.69, 9.17) is 4.74 Å². The summed E-state index contributed by atoms with van der Waals surface area (Å²) in [7, 11) is 0. The summed E-state index contributed by atoms with van der Waals surface area (Å²) >= 11 is 3.25. The number of nitrogens with one attached hydrogen (secondary N) is 1. The van der Waals surface area contributed by atoms with Crippen LogP contribution in [0.15, 0.2) is 22.7 Å². The van der Waals surface area contributed by atoms with Crippen LogP contribution in [0.2, 0.25) is 0 Å². The molecule has 1 aromatic carbocycles. The molecule has 1 amide bonds. The molecular formula is C18H26BrFN2O2. The Labute approximate surface area is 151 Å². The molecule has 0 aliphatic carbocycles. The molecule has 1 aliphatic rings. The smallest absolute Gasteiger partial charge is 0.260 e. The Morgan fingerprint density at radius 2 is 2.17 bits per heavy atom. The number of likely N-dealkylation sites (tertiary alicyclic amines) is 1. The van der Waals surface area contributed by atoms with E-state index in [-0.39, 0.29) is 17.8 Å². The molecule has 1 aromatic rings. The van der Waals surface area contributed by atoms with Crippen molar-refractivity contribution >= 4 is 21.8 Å². The summed E-state index contributed by atoms with van der Waals surface area (Å²) < 4.78 is 19.2. The lowest BCUT2D eigenvalue weighted by Gasteiger charge is -2.32. The quantitative estimate of drug-likeness (QED) is 0.757. The normalized spacial score (nSPS) is 17.5. The third-order valence-corrected chi connectivity index (χ3v) is 4.95. The highest BCUT2D eigenvalue weighted by molar-refractivity contribution is 9.10. The van der Waals surface area contributed by atoms with Crippen molar-refractivity contribution in [3.63, 3.8) is 0 Å². The van der Waals surface area contributed by atoms with E-state index in [9.17, 15) is 9.18 Å². The second-order valence-electron chi connectivity index (χ2n) is 6.31. The topological polar surface area (TPSA) is 41.6 Å². The minimum atomic E-state index is -0.620. The average molecular weight is 401 g/mol. The fourth-order valence-corrected chi connectivity index (χ4v) is 3.26. The van der Waals surface area contributed by atoms with Crippen molar-refractivity contribution < 1.29 is 13.9 Å². The van der Waals surface area contributed by atoms with Crippen molar-refractivity contribution in [2.75, 3.05) is 19.6 Å². The van der Waals surface area contributed by atoms with Gasteiger partial charge in [0.05, 0.1) is 4.47 Å². The van der Waals surface area contributed by atoms with Crippen LogP contribution in [-0.2, 0) is 4.79 Å². The zero-order valence-corrected chi connectivity index (χ0v) is 15.9. The Bertz CT molecular complexity index is 548. The number of ether oxygens (including phenoxy) is 1. The Morgan fingerprint density at radius 1 is 1.46 bits per heavy atom. The maximum absolute atomic E-state index is 13.1. The standard InChI is InChI=1S/C18H26BrFN2O2/c1-3-4-9-22-10-7-15(8-11-22)21-18(23)13(2)24-17-6-5-14(20)12-16(17)19/h5-6,12-13,15H,3-4,7-11H2,1-2H3,(H,21,23)/t13-/m1/s1. The number of hydrogen-bond acceptors (Lipinski definition) is 3. The van der Waals surface area contributed by atoms with Crippen LogP contribution in [0, 0.1) is 5.82 Å². The van der Waals surface area contributed by atoms with Crippen LogP contribution < -0.4 is 10.1 Å². The van der Waals surface area contributed by atoms with Crippen molar-refractivity contribution in [1.82, 2.24) is 10.2 Å². The zero-order valence-electron chi connectivity index (χ0n) is 14.4. The van der Waals surface area contributed by atoms with Crippen molar-refractivity contribution in [3.8, 4) is 5.75 Å². The van der Waals surface area contributed by atoms with Gasteiger partial charge in [-0.05, 0) is 66.9 Å². The fraction of sp³-hybridized carbons (Fsp3) is 0.611. The van der Waals surface area contributed by atoms with E-state index >= 15 is 0 Å². The SMILES string of the molecule is CCCCN1CCC(NC(=O)[C@@H](C)Oc2ccc(F)cc2Br)CC1. The van der Waals surface area contributed by atoms with Gasteiger partial charge >= 0.3 is 0 Å². The first-order chi connectivity index (χ1) is 11.5. The van der Waals surface area contributed by atoms with Gasteiger partial charge in [0, 0.05) is 19.1 Å². The molecule has 24 heavy (non-hydrogen) atoms. The Balaban J connectivity index is 1.78. The molecule has 6 heteroatoms. The summed E-state index contributed by atoms with van der Waals surface area (Å²) in [6.45, 7) is 7.12. The summed E-state index contributed by atoms with van der Waals surface area (Å²) in [5, 5.41) is 3.07. The molecule has 0 spiro atoms. The summed E-state index contributed by atoms with van der Waals surface area (Å²) in [4.78, 5) is 14.8. The number of unbranched alkanes of at least 4 members (excludes halogenated alkanes) is 1. The summed E-state index contributed by atoms with van der Waals surface area (Å²) in [6, 6.07) is 4.37. The number of halogens is 2. The monoisotopic (exact) mass is 400 g/mol. The predicted octanol–water partition coefficient (Wildman–Crippen LogP) is 3.74. The molecule has 0 aromatic heterocycles. The first kappa shape index (κ1) is 19.2. The van der Waals surface area contributed by atoms with Gasteiger partial charge in [0.25, 0.3) is 5.91 Å². The molecule has 1 aliphatic heterocycles. The maximum atomic E-state index is 13.1. The van der Waals surface area contributed by atoms with Crippen LogP contribution in [0.5, 0.6) is 5.75 Å².